The van der Waals surface area contributed by atoms with Gasteiger partial charge >= 0.3 is 0 Å². The van der Waals surface area contributed by atoms with Crippen LogP contribution in [-0.2, 0) is 4.79 Å². The summed E-state index contributed by atoms with van der Waals surface area (Å²) in [6.07, 6.45) is 1.75. The molecule has 0 radical (unpaired) electrons. The summed E-state index contributed by atoms with van der Waals surface area (Å²) in [4.78, 5) is 17.4. The van der Waals surface area contributed by atoms with Crippen molar-refractivity contribution in [3.05, 3.63) is 66.4 Å². The second kappa shape index (κ2) is 6.95. The summed E-state index contributed by atoms with van der Waals surface area (Å²) in [5.41, 5.74) is 2.16. The number of carbonyl (C=O) groups is 1. The van der Waals surface area contributed by atoms with E-state index in [0.717, 1.165) is 15.8 Å². The van der Waals surface area contributed by atoms with Crippen LogP contribution in [0, 0.1) is 11.3 Å². The van der Waals surface area contributed by atoms with E-state index in [0.29, 0.717) is 17.0 Å². The van der Waals surface area contributed by atoms with Crippen molar-refractivity contribution in [2.75, 3.05) is 11.1 Å². The van der Waals surface area contributed by atoms with Gasteiger partial charge in [-0.05, 0) is 36.4 Å². The highest BCUT2D eigenvalue weighted by Crippen LogP contribution is 2.26. The molecule has 1 heterocycles. The number of amides is 1. The zero-order valence-corrected chi connectivity index (χ0v) is 13.0. The van der Waals surface area contributed by atoms with Crippen LogP contribution in [0.4, 0.5) is 5.69 Å². The van der Waals surface area contributed by atoms with Gasteiger partial charge in [-0.15, -0.1) is 11.8 Å². The van der Waals surface area contributed by atoms with E-state index in [2.05, 4.69) is 10.3 Å². The summed E-state index contributed by atoms with van der Waals surface area (Å²) < 4.78 is 0. The lowest BCUT2D eigenvalue weighted by Gasteiger charge is -2.07. The second-order valence-electron chi connectivity index (χ2n) is 4.86. The number of pyridine rings is 1. The van der Waals surface area contributed by atoms with Crippen LogP contribution in [0.5, 0.6) is 0 Å². The van der Waals surface area contributed by atoms with Crippen molar-refractivity contribution >= 4 is 34.3 Å². The Labute approximate surface area is 138 Å². The van der Waals surface area contributed by atoms with Crippen LogP contribution in [0.3, 0.4) is 0 Å². The molecule has 0 saturated heterocycles. The predicted molar refractivity (Wildman–Crippen MR) is 92.3 cm³/mol. The van der Waals surface area contributed by atoms with Gasteiger partial charge in [-0.1, -0.05) is 18.2 Å². The first-order valence-corrected chi connectivity index (χ1v) is 8.01. The van der Waals surface area contributed by atoms with E-state index in [4.69, 9.17) is 5.26 Å². The molecule has 112 valence electrons. The molecule has 3 rings (SSSR count). The highest BCUT2D eigenvalue weighted by molar-refractivity contribution is 8.00. The van der Waals surface area contributed by atoms with Crippen LogP contribution in [0.25, 0.3) is 10.9 Å². The van der Waals surface area contributed by atoms with Gasteiger partial charge in [0.1, 0.15) is 0 Å². The normalized spacial score (nSPS) is 10.2. The largest absolute Gasteiger partial charge is 0.325 e. The molecule has 2 aromatic carbocycles. The predicted octanol–water partition coefficient (Wildman–Crippen LogP) is 3.84. The maximum Gasteiger partial charge on any atom is 0.234 e. The molecule has 1 aromatic heterocycles. The van der Waals surface area contributed by atoms with Gasteiger partial charge in [0.05, 0.1) is 22.9 Å². The number of hydrogen-bond acceptors (Lipinski definition) is 4. The summed E-state index contributed by atoms with van der Waals surface area (Å²) in [5.74, 6) is 0.211. The highest BCUT2D eigenvalue weighted by Gasteiger charge is 2.07. The molecular formula is C18H13N3OS. The molecule has 0 aliphatic rings. The molecule has 0 spiro atoms. The van der Waals surface area contributed by atoms with E-state index < -0.39 is 0 Å². The van der Waals surface area contributed by atoms with Gasteiger partial charge in [0.2, 0.25) is 5.91 Å². The Bertz CT molecular complexity index is 879. The smallest absolute Gasteiger partial charge is 0.234 e. The van der Waals surface area contributed by atoms with Crippen molar-refractivity contribution in [3.8, 4) is 6.07 Å². The number of anilines is 1. The number of thioether (sulfide) groups is 1. The van der Waals surface area contributed by atoms with Gasteiger partial charge in [-0.3, -0.25) is 9.78 Å². The fourth-order valence-electron chi connectivity index (χ4n) is 2.16. The number of benzene rings is 2. The lowest BCUT2D eigenvalue weighted by Crippen LogP contribution is -2.13. The molecule has 3 aromatic rings. The average molecular weight is 319 g/mol. The monoisotopic (exact) mass is 319 g/mol. The Hall–Kier alpha value is -2.84. The number of rotatable bonds is 4. The fourth-order valence-corrected chi connectivity index (χ4v) is 3.00. The van der Waals surface area contributed by atoms with Crippen molar-refractivity contribution < 1.29 is 4.79 Å². The summed E-state index contributed by atoms with van der Waals surface area (Å²) in [6.45, 7) is 0. The Kier molecular flexibility index (Phi) is 4.55. The lowest BCUT2D eigenvalue weighted by atomic mass is 10.2. The van der Waals surface area contributed by atoms with Gasteiger partial charge in [0.15, 0.2) is 0 Å². The van der Waals surface area contributed by atoms with E-state index in [1.807, 2.05) is 36.4 Å². The first kappa shape index (κ1) is 15.1. The third-order valence-corrected chi connectivity index (χ3v) is 4.30. The minimum absolute atomic E-state index is 0.0901. The summed E-state index contributed by atoms with van der Waals surface area (Å²) in [7, 11) is 0. The number of aromatic nitrogens is 1. The molecule has 0 saturated carbocycles. The standard InChI is InChI=1S/C18H13N3OS/c19-11-13-6-8-15(9-7-13)21-17(22)12-23-16-5-1-3-14-4-2-10-20-18(14)16/h1-10H,12H2,(H,21,22). The number of para-hydroxylation sites is 1. The molecule has 4 nitrogen and oxygen atoms in total. The van der Waals surface area contributed by atoms with E-state index >= 15 is 0 Å². The van der Waals surface area contributed by atoms with Crippen molar-refractivity contribution in [1.29, 1.82) is 5.26 Å². The Balaban J connectivity index is 1.65. The summed E-state index contributed by atoms with van der Waals surface area (Å²) >= 11 is 1.46. The Morgan fingerprint density at radius 3 is 2.70 bits per heavy atom. The molecule has 1 amide bonds. The molecule has 1 N–H and O–H groups in total. The summed E-state index contributed by atoms with van der Waals surface area (Å²) in [6, 6.07) is 18.7. The van der Waals surface area contributed by atoms with Gasteiger partial charge in [-0.2, -0.15) is 5.26 Å². The number of fused-ring (bicyclic) bond motifs is 1. The first-order valence-electron chi connectivity index (χ1n) is 7.03. The molecule has 0 fully saturated rings. The van der Waals surface area contributed by atoms with Crippen molar-refractivity contribution in [3.63, 3.8) is 0 Å². The average Bonchev–Trinajstić information content (AvgIpc) is 2.60. The zero-order valence-electron chi connectivity index (χ0n) is 12.2. The SMILES string of the molecule is N#Cc1ccc(NC(=O)CSc2cccc3cccnc23)cc1. The number of hydrogen-bond donors (Lipinski definition) is 1. The first-order chi connectivity index (χ1) is 11.3. The van der Waals surface area contributed by atoms with Crippen LogP contribution in [0.2, 0.25) is 0 Å². The zero-order chi connectivity index (χ0) is 16.1. The maximum atomic E-state index is 12.1. The van der Waals surface area contributed by atoms with Gasteiger partial charge in [0.25, 0.3) is 0 Å². The highest BCUT2D eigenvalue weighted by atomic mass is 32.2. The van der Waals surface area contributed by atoms with Crippen LogP contribution < -0.4 is 5.32 Å². The van der Waals surface area contributed by atoms with Gasteiger partial charge in [0, 0.05) is 22.2 Å². The molecule has 0 atom stereocenters. The number of nitrogens with zero attached hydrogens (tertiary/aromatic N) is 2. The fraction of sp³-hybridized carbons (Fsp3) is 0.0556. The topological polar surface area (TPSA) is 65.8 Å². The van der Waals surface area contributed by atoms with E-state index in [1.165, 1.54) is 11.8 Å². The van der Waals surface area contributed by atoms with E-state index in [1.54, 1.807) is 30.5 Å². The number of nitrogens with one attached hydrogen (secondary N) is 1. The molecule has 5 heteroatoms. The van der Waals surface area contributed by atoms with Crippen molar-refractivity contribution in [1.82, 2.24) is 4.98 Å². The van der Waals surface area contributed by atoms with Gasteiger partial charge in [-0.25, -0.2) is 0 Å². The van der Waals surface area contributed by atoms with Crippen LogP contribution in [0.15, 0.2) is 65.7 Å². The number of carbonyl (C=O) groups excluding carboxylic acids is 1. The molecule has 0 unspecified atom stereocenters. The Morgan fingerprint density at radius 1 is 1.13 bits per heavy atom. The van der Waals surface area contributed by atoms with Crippen LogP contribution in [-0.4, -0.2) is 16.6 Å². The second-order valence-corrected chi connectivity index (χ2v) is 5.87. The minimum atomic E-state index is -0.0901. The molecule has 0 aliphatic heterocycles. The van der Waals surface area contributed by atoms with Crippen LogP contribution in [0.1, 0.15) is 5.56 Å². The summed E-state index contributed by atoms with van der Waals surface area (Å²) in [5, 5.41) is 12.6. The molecule has 0 aliphatic carbocycles. The van der Waals surface area contributed by atoms with Crippen molar-refractivity contribution in [2.24, 2.45) is 0 Å². The minimum Gasteiger partial charge on any atom is -0.325 e. The van der Waals surface area contributed by atoms with E-state index in [-0.39, 0.29) is 5.91 Å². The van der Waals surface area contributed by atoms with E-state index in [9.17, 15) is 4.79 Å². The lowest BCUT2D eigenvalue weighted by molar-refractivity contribution is -0.113. The molecule has 23 heavy (non-hydrogen) atoms. The van der Waals surface area contributed by atoms with Crippen LogP contribution >= 0.6 is 11.8 Å². The Morgan fingerprint density at radius 2 is 1.91 bits per heavy atom. The molecule has 0 bridgehead atoms. The third kappa shape index (κ3) is 3.68. The van der Waals surface area contributed by atoms with Crippen molar-refractivity contribution in [2.45, 2.75) is 4.90 Å². The molecular weight excluding hydrogens is 306 g/mol. The maximum absolute atomic E-state index is 12.1. The van der Waals surface area contributed by atoms with Gasteiger partial charge < -0.3 is 5.32 Å². The number of nitriles is 1. The third-order valence-electron chi connectivity index (χ3n) is 3.25. The quantitative estimate of drug-likeness (QED) is 0.742.